The highest BCUT2D eigenvalue weighted by Gasteiger charge is 2.10. The predicted octanol–water partition coefficient (Wildman–Crippen LogP) is 3.64. The van der Waals surface area contributed by atoms with E-state index in [-0.39, 0.29) is 5.82 Å². The van der Waals surface area contributed by atoms with Crippen molar-refractivity contribution in [3.63, 3.8) is 0 Å². The van der Waals surface area contributed by atoms with E-state index in [2.05, 4.69) is 26.1 Å². The summed E-state index contributed by atoms with van der Waals surface area (Å²) in [5, 5.41) is 3.63. The molecule has 1 aromatic carbocycles. The van der Waals surface area contributed by atoms with Gasteiger partial charge in [-0.3, -0.25) is 0 Å². The molecular formula is C11H7BrFN3OS. The van der Waals surface area contributed by atoms with E-state index >= 15 is 0 Å². The molecule has 4 nitrogen and oxygen atoms in total. The van der Waals surface area contributed by atoms with E-state index in [1.54, 1.807) is 22.9 Å². The fraction of sp³-hybridized carbons (Fsp3) is 0.0909. The molecule has 0 aliphatic carbocycles. The first kappa shape index (κ1) is 11.6. The summed E-state index contributed by atoms with van der Waals surface area (Å²) >= 11 is 8.36. The van der Waals surface area contributed by atoms with Crippen LogP contribution in [0, 0.1) is 10.6 Å². The van der Waals surface area contributed by atoms with Gasteiger partial charge in [0.15, 0.2) is 10.5 Å². The highest BCUT2D eigenvalue weighted by molar-refractivity contribution is 9.10. The third-order valence-corrected chi connectivity index (χ3v) is 3.55. The Labute approximate surface area is 115 Å². The third kappa shape index (κ3) is 1.89. The number of benzene rings is 1. The fourth-order valence-corrected chi connectivity index (χ4v) is 2.40. The molecular weight excluding hydrogens is 321 g/mol. The van der Waals surface area contributed by atoms with Gasteiger partial charge in [0, 0.05) is 12.1 Å². The molecule has 0 unspecified atom stereocenters. The summed E-state index contributed by atoms with van der Waals surface area (Å²) in [6.45, 7) is 0.417. The van der Waals surface area contributed by atoms with Crippen LogP contribution in [0.4, 0.5) is 4.39 Å². The number of halogens is 2. The van der Waals surface area contributed by atoms with Crippen molar-refractivity contribution in [3.8, 4) is 0 Å². The Kier molecular flexibility index (Phi) is 2.79. The van der Waals surface area contributed by atoms with Crippen LogP contribution < -0.4 is 0 Å². The average molecular weight is 328 g/mol. The molecule has 0 amide bonds. The number of rotatable bonds is 2. The number of fused-ring (bicyclic) bond motifs is 1. The van der Waals surface area contributed by atoms with E-state index in [1.165, 1.54) is 6.07 Å². The first-order chi connectivity index (χ1) is 8.65. The van der Waals surface area contributed by atoms with E-state index in [0.29, 0.717) is 27.1 Å². The van der Waals surface area contributed by atoms with Crippen LogP contribution in [0.5, 0.6) is 0 Å². The Bertz CT molecular complexity index is 763. The van der Waals surface area contributed by atoms with Crippen LogP contribution in [-0.4, -0.2) is 14.7 Å². The number of H-pyrrole nitrogens is 1. The highest BCUT2D eigenvalue weighted by Crippen LogP contribution is 2.23. The summed E-state index contributed by atoms with van der Waals surface area (Å²) in [4.78, 5) is 3.03. The number of nitrogens with one attached hydrogen (secondary N) is 1. The van der Waals surface area contributed by atoms with Gasteiger partial charge in [-0.05, 0) is 34.2 Å². The summed E-state index contributed by atoms with van der Waals surface area (Å²) in [7, 11) is 0. The Morgan fingerprint density at radius 3 is 3.06 bits per heavy atom. The van der Waals surface area contributed by atoms with Gasteiger partial charge in [0.05, 0.1) is 28.2 Å². The van der Waals surface area contributed by atoms with E-state index in [0.717, 1.165) is 5.52 Å². The molecule has 0 aliphatic heterocycles. The average Bonchev–Trinajstić information content (AvgIpc) is 2.92. The van der Waals surface area contributed by atoms with Gasteiger partial charge >= 0.3 is 0 Å². The number of hydrogen-bond acceptors (Lipinski definition) is 3. The maximum atomic E-state index is 13.6. The lowest BCUT2D eigenvalue weighted by Gasteiger charge is -2.01. The van der Waals surface area contributed by atoms with Gasteiger partial charge in [-0.25, -0.2) is 4.39 Å². The van der Waals surface area contributed by atoms with Gasteiger partial charge in [-0.1, -0.05) is 5.16 Å². The number of aromatic nitrogens is 3. The highest BCUT2D eigenvalue weighted by atomic mass is 79.9. The molecule has 0 radical (unpaired) electrons. The van der Waals surface area contributed by atoms with E-state index in [9.17, 15) is 4.39 Å². The molecule has 2 heterocycles. The fourth-order valence-electron chi connectivity index (χ4n) is 1.79. The van der Waals surface area contributed by atoms with Crippen LogP contribution in [0.3, 0.4) is 0 Å². The van der Waals surface area contributed by atoms with Crippen molar-refractivity contribution >= 4 is 39.2 Å². The molecule has 0 bridgehead atoms. The van der Waals surface area contributed by atoms with Crippen molar-refractivity contribution in [2.24, 2.45) is 0 Å². The first-order valence-corrected chi connectivity index (χ1v) is 6.32. The summed E-state index contributed by atoms with van der Waals surface area (Å²) in [5.41, 5.74) is 1.46. The topological polar surface area (TPSA) is 46.8 Å². The molecule has 92 valence electrons. The van der Waals surface area contributed by atoms with Crippen molar-refractivity contribution in [1.82, 2.24) is 14.7 Å². The molecule has 0 spiro atoms. The second-order valence-electron chi connectivity index (χ2n) is 3.78. The van der Waals surface area contributed by atoms with Crippen molar-refractivity contribution in [2.75, 3.05) is 0 Å². The third-order valence-electron chi connectivity index (χ3n) is 2.62. The zero-order valence-electron chi connectivity index (χ0n) is 8.98. The molecule has 0 saturated heterocycles. The lowest BCUT2D eigenvalue weighted by atomic mass is 10.3. The summed E-state index contributed by atoms with van der Waals surface area (Å²) in [5.74, 6) is 0.332. The molecule has 0 saturated carbocycles. The number of nitrogens with zero attached hydrogens (tertiary/aromatic N) is 2. The molecule has 1 N–H and O–H groups in total. The minimum Gasteiger partial charge on any atom is -0.359 e. The van der Waals surface area contributed by atoms with Gasteiger partial charge in [-0.15, -0.1) is 0 Å². The molecule has 3 aromatic rings. The van der Waals surface area contributed by atoms with Crippen LogP contribution >= 0.6 is 28.1 Å². The smallest absolute Gasteiger partial charge is 0.178 e. The quantitative estimate of drug-likeness (QED) is 0.731. The van der Waals surface area contributed by atoms with Crippen LogP contribution in [0.15, 0.2) is 33.4 Å². The summed E-state index contributed by atoms with van der Waals surface area (Å²) in [6, 6.07) is 4.84. The van der Waals surface area contributed by atoms with Crippen molar-refractivity contribution in [3.05, 3.63) is 45.2 Å². The first-order valence-electron chi connectivity index (χ1n) is 5.12. The number of imidazole rings is 1. The van der Waals surface area contributed by atoms with E-state index in [4.69, 9.17) is 16.7 Å². The minimum absolute atomic E-state index is 0.331. The Morgan fingerprint density at radius 1 is 1.50 bits per heavy atom. The number of hydrogen-bond donors (Lipinski definition) is 1. The normalized spacial score (nSPS) is 11.2. The van der Waals surface area contributed by atoms with Crippen molar-refractivity contribution < 1.29 is 8.91 Å². The monoisotopic (exact) mass is 327 g/mol. The van der Waals surface area contributed by atoms with Crippen molar-refractivity contribution in [2.45, 2.75) is 6.54 Å². The molecule has 3 rings (SSSR count). The molecule has 2 aromatic heterocycles. The molecule has 18 heavy (non-hydrogen) atoms. The molecule has 7 heteroatoms. The Balaban J connectivity index is 2.19. The maximum absolute atomic E-state index is 13.6. The second-order valence-corrected chi connectivity index (χ2v) is 5.02. The van der Waals surface area contributed by atoms with Gasteiger partial charge in [0.25, 0.3) is 0 Å². The van der Waals surface area contributed by atoms with Crippen molar-refractivity contribution in [1.29, 1.82) is 0 Å². The zero-order valence-corrected chi connectivity index (χ0v) is 11.4. The Hall–Kier alpha value is -1.47. The molecule has 0 aliphatic rings. The van der Waals surface area contributed by atoms with E-state index < -0.39 is 0 Å². The minimum atomic E-state index is -0.331. The van der Waals surface area contributed by atoms with Crippen LogP contribution in [0.25, 0.3) is 11.0 Å². The SMILES string of the molecule is Fc1cc2c(cc1Br)[nH]c(=S)n2Cc1ccno1. The molecule has 0 fully saturated rings. The largest absolute Gasteiger partial charge is 0.359 e. The van der Waals surface area contributed by atoms with Gasteiger partial charge in [-0.2, -0.15) is 0 Å². The van der Waals surface area contributed by atoms with Gasteiger partial charge in [0.1, 0.15) is 5.82 Å². The molecule has 0 atom stereocenters. The lowest BCUT2D eigenvalue weighted by Crippen LogP contribution is -1.98. The van der Waals surface area contributed by atoms with Crippen LogP contribution in [0.2, 0.25) is 0 Å². The zero-order chi connectivity index (χ0) is 12.7. The van der Waals surface area contributed by atoms with Gasteiger partial charge in [0.2, 0.25) is 0 Å². The summed E-state index contributed by atoms with van der Waals surface area (Å²) in [6.07, 6.45) is 1.56. The van der Waals surface area contributed by atoms with Crippen LogP contribution in [0.1, 0.15) is 5.76 Å². The Morgan fingerprint density at radius 2 is 2.33 bits per heavy atom. The maximum Gasteiger partial charge on any atom is 0.178 e. The van der Waals surface area contributed by atoms with Crippen LogP contribution in [-0.2, 0) is 6.54 Å². The second kappa shape index (κ2) is 4.33. The lowest BCUT2D eigenvalue weighted by molar-refractivity contribution is 0.377. The standard InChI is InChI=1S/C11H7BrFN3OS/c12-7-3-9-10(4-8(7)13)16(11(18)15-9)5-6-1-2-14-17-6/h1-4H,5H2,(H,15,18). The predicted molar refractivity (Wildman–Crippen MR) is 70.4 cm³/mol. The number of aromatic amines is 1. The van der Waals surface area contributed by atoms with Gasteiger partial charge < -0.3 is 14.1 Å². The van der Waals surface area contributed by atoms with E-state index in [1.807, 2.05) is 0 Å². The summed E-state index contributed by atoms with van der Waals surface area (Å²) < 4.78 is 21.3.